The molecule has 0 unspecified atom stereocenters. The summed E-state index contributed by atoms with van der Waals surface area (Å²) in [4.78, 5) is 20.0. The van der Waals surface area contributed by atoms with Gasteiger partial charge in [-0.15, -0.1) is 0 Å². The fourth-order valence-electron chi connectivity index (χ4n) is 2.45. The Hall–Kier alpha value is -2.63. The Labute approximate surface area is 127 Å². The minimum atomic E-state index is -0.239. The highest BCUT2D eigenvalue weighted by atomic mass is 16.1. The van der Waals surface area contributed by atoms with Gasteiger partial charge in [-0.05, 0) is 19.1 Å². The fraction of sp³-hybridized carbons (Fsp3) is 0.312. The van der Waals surface area contributed by atoms with E-state index in [4.69, 9.17) is 5.41 Å². The van der Waals surface area contributed by atoms with Crippen LogP contribution in [0, 0.1) is 12.3 Å². The van der Waals surface area contributed by atoms with Crippen LogP contribution in [0.2, 0.25) is 0 Å². The molecule has 0 bridgehead atoms. The average molecular weight is 297 g/mol. The van der Waals surface area contributed by atoms with Crippen LogP contribution in [0.3, 0.4) is 0 Å². The van der Waals surface area contributed by atoms with E-state index in [1.807, 2.05) is 13.0 Å². The quantitative estimate of drug-likeness (QED) is 0.554. The summed E-state index contributed by atoms with van der Waals surface area (Å²) in [6.07, 6.45) is 0. The van der Waals surface area contributed by atoms with Gasteiger partial charge in [-0.25, -0.2) is 4.98 Å². The fourth-order valence-corrected chi connectivity index (χ4v) is 2.45. The lowest BCUT2D eigenvalue weighted by atomic mass is 9.96. The van der Waals surface area contributed by atoms with E-state index in [2.05, 4.69) is 40.9 Å². The van der Waals surface area contributed by atoms with E-state index >= 15 is 0 Å². The predicted octanol–water partition coefficient (Wildman–Crippen LogP) is 2.33. The second kappa shape index (κ2) is 4.69. The van der Waals surface area contributed by atoms with Crippen molar-refractivity contribution in [2.75, 3.05) is 0 Å². The first-order chi connectivity index (χ1) is 10.3. The summed E-state index contributed by atoms with van der Waals surface area (Å²) in [6.45, 7) is 8.27. The van der Waals surface area contributed by atoms with Crippen LogP contribution in [-0.4, -0.2) is 20.2 Å². The standard InChI is InChI=1S/C16H19N5O/c1-8-12(19-15(18-8)16(2,3)4)9-5-6-10-11(7-9)14(22)21-20-13(10)17/h5-7H,1-4H3,(H2,17,20)(H,18,19)(H,21,22). The van der Waals surface area contributed by atoms with Crippen LogP contribution in [0.4, 0.5) is 0 Å². The minimum absolute atomic E-state index is 0.0688. The third-order valence-corrected chi connectivity index (χ3v) is 3.70. The summed E-state index contributed by atoms with van der Waals surface area (Å²) in [5.41, 5.74) is 2.56. The van der Waals surface area contributed by atoms with Gasteiger partial charge < -0.3 is 4.98 Å². The number of benzene rings is 1. The summed E-state index contributed by atoms with van der Waals surface area (Å²) in [5, 5.41) is 13.9. The molecular weight excluding hydrogens is 278 g/mol. The number of imidazole rings is 1. The maximum atomic E-state index is 12.0. The molecule has 6 heteroatoms. The first-order valence-electron chi connectivity index (χ1n) is 7.14. The Morgan fingerprint density at radius 2 is 1.86 bits per heavy atom. The summed E-state index contributed by atoms with van der Waals surface area (Å²) >= 11 is 0. The maximum Gasteiger partial charge on any atom is 0.270 e. The van der Waals surface area contributed by atoms with Gasteiger partial charge in [0.05, 0.1) is 11.1 Å². The molecule has 4 N–H and O–H groups in total. The van der Waals surface area contributed by atoms with Crippen LogP contribution >= 0.6 is 0 Å². The molecule has 3 rings (SSSR count). The molecule has 114 valence electrons. The SMILES string of the molecule is Cc1[nH]c(C(C)(C)C)nc1-c1ccc2c(=N)[nH][nH]c(=O)c2c1. The highest BCUT2D eigenvalue weighted by Crippen LogP contribution is 2.27. The van der Waals surface area contributed by atoms with Crippen molar-refractivity contribution < 1.29 is 0 Å². The Morgan fingerprint density at radius 1 is 1.14 bits per heavy atom. The number of nitrogens with one attached hydrogen (secondary N) is 4. The molecule has 0 saturated carbocycles. The monoisotopic (exact) mass is 297 g/mol. The Balaban J connectivity index is 2.24. The largest absolute Gasteiger partial charge is 0.345 e. The van der Waals surface area contributed by atoms with E-state index in [0.717, 1.165) is 22.8 Å². The number of fused-ring (bicyclic) bond motifs is 1. The number of hydrogen-bond donors (Lipinski definition) is 4. The van der Waals surface area contributed by atoms with Gasteiger partial charge in [0.1, 0.15) is 11.3 Å². The Morgan fingerprint density at radius 3 is 2.50 bits per heavy atom. The van der Waals surface area contributed by atoms with Crippen LogP contribution in [-0.2, 0) is 5.41 Å². The number of aromatic nitrogens is 4. The van der Waals surface area contributed by atoms with Crippen LogP contribution in [0.1, 0.15) is 32.3 Å². The first kappa shape index (κ1) is 14.3. The molecule has 3 aromatic rings. The molecule has 0 amide bonds. The highest BCUT2D eigenvalue weighted by Gasteiger charge is 2.20. The molecule has 0 atom stereocenters. The smallest absolute Gasteiger partial charge is 0.270 e. The molecular formula is C16H19N5O. The Bertz CT molecular complexity index is 969. The van der Waals surface area contributed by atoms with Crippen molar-refractivity contribution in [3.8, 4) is 11.3 Å². The number of nitrogens with zero attached hydrogens (tertiary/aromatic N) is 1. The third kappa shape index (κ3) is 2.26. The summed E-state index contributed by atoms with van der Waals surface area (Å²) in [6, 6.07) is 5.46. The molecule has 2 aromatic heterocycles. The third-order valence-electron chi connectivity index (χ3n) is 3.70. The topological polar surface area (TPSA) is 101 Å². The Kier molecular flexibility index (Phi) is 3.05. The lowest BCUT2D eigenvalue weighted by molar-refractivity contribution is 0.552. The molecule has 0 fully saturated rings. The first-order valence-corrected chi connectivity index (χ1v) is 7.14. The zero-order valence-corrected chi connectivity index (χ0v) is 13.1. The number of hydrogen-bond acceptors (Lipinski definition) is 3. The molecule has 0 aliphatic carbocycles. The lowest BCUT2D eigenvalue weighted by Crippen LogP contribution is -2.19. The van der Waals surface area contributed by atoms with Gasteiger partial charge in [0.2, 0.25) is 0 Å². The van der Waals surface area contributed by atoms with Crippen molar-refractivity contribution in [2.45, 2.75) is 33.1 Å². The van der Waals surface area contributed by atoms with Crippen LogP contribution in [0.15, 0.2) is 23.0 Å². The molecule has 2 heterocycles. The molecule has 0 saturated heterocycles. The number of aryl methyl sites for hydroxylation is 1. The van der Waals surface area contributed by atoms with E-state index in [9.17, 15) is 4.79 Å². The van der Waals surface area contributed by atoms with Gasteiger partial charge in [-0.3, -0.25) is 20.4 Å². The zero-order chi connectivity index (χ0) is 16.1. The van der Waals surface area contributed by atoms with E-state index < -0.39 is 0 Å². The average Bonchev–Trinajstić information content (AvgIpc) is 2.85. The zero-order valence-electron chi connectivity index (χ0n) is 13.1. The molecule has 0 radical (unpaired) electrons. The summed E-state index contributed by atoms with van der Waals surface area (Å²) < 4.78 is 0. The number of H-pyrrole nitrogens is 3. The van der Waals surface area contributed by atoms with Crippen LogP contribution < -0.4 is 11.0 Å². The van der Waals surface area contributed by atoms with E-state index in [1.54, 1.807) is 12.1 Å². The predicted molar refractivity (Wildman–Crippen MR) is 85.8 cm³/mol. The molecule has 0 aliphatic rings. The molecule has 1 aromatic carbocycles. The molecule has 6 nitrogen and oxygen atoms in total. The van der Waals surface area contributed by atoms with Crippen LogP contribution in [0.5, 0.6) is 0 Å². The van der Waals surface area contributed by atoms with Crippen molar-refractivity contribution in [2.24, 2.45) is 0 Å². The maximum absolute atomic E-state index is 12.0. The van der Waals surface area contributed by atoms with Gasteiger partial charge >= 0.3 is 0 Å². The normalized spacial score (nSPS) is 12.0. The lowest BCUT2D eigenvalue weighted by Gasteiger charge is -2.14. The van der Waals surface area contributed by atoms with Crippen molar-refractivity contribution in [3.05, 3.63) is 45.6 Å². The molecule has 0 aliphatic heterocycles. The van der Waals surface area contributed by atoms with Gasteiger partial charge in [0, 0.05) is 22.1 Å². The van der Waals surface area contributed by atoms with Crippen molar-refractivity contribution >= 4 is 10.8 Å². The minimum Gasteiger partial charge on any atom is -0.345 e. The van der Waals surface area contributed by atoms with Gasteiger partial charge in [0.25, 0.3) is 5.56 Å². The van der Waals surface area contributed by atoms with E-state index in [-0.39, 0.29) is 16.5 Å². The second-order valence-electron chi connectivity index (χ2n) is 6.52. The molecule has 0 spiro atoms. The van der Waals surface area contributed by atoms with Crippen molar-refractivity contribution in [3.63, 3.8) is 0 Å². The van der Waals surface area contributed by atoms with Crippen LogP contribution in [0.25, 0.3) is 22.0 Å². The van der Waals surface area contributed by atoms with Gasteiger partial charge in [0.15, 0.2) is 0 Å². The van der Waals surface area contributed by atoms with Gasteiger partial charge in [-0.2, -0.15) is 0 Å². The van der Waals surface area contributed by atoms with Crippen molar-refractivity contribution in [1.29, 1.82) is 5.41 Å². The second-order valence-corrected chi connectivity index (χ2v) is 6.52. The number of aromatic amines is 3. The van der Waals surface area contributed by atoms with Crippen molar-refractivity contribution in [1.82, 2.24) is 20.2 Å². The number of rotatable bonds is 1. The summed E-state index contributed by atoms with van der Waals surface area (Å²) in [7, 11) is 0. The highest BCUT2D eigenvalue weighted by molar-refractivity contribution is 5.85. The van der Waals surface area contributed by atoms with Gasteiger partial charge in [-0.1, -0.05) is 26.8 Å². The summed E-state index contributed by atoms with van der Waals surface area (Å²) in [5.74, 6) is 0.914. The molecule has 22 heavy (non-hydrogen) atoms. The van der Waals surface area contributed by atoms with E-state index in [0.29, 0.717) is 10.8 Å². The van der Waals surface area contributed by atoms with E-state index in [1.165, 1.54) is 0 Å².